The van der Waals surface area contributed by atoms with Gasteiger partial charge in [-0.1, -0.05) is 0 Å². The molecule has 0 aliphatic carbocycles. The van der Waals surface area contributed by atoms with Crippen LogP contribution in [0.3, 0.4) is 0 Å². The van der Waals surface area contributed by atoms with E-state index in [0.717, 1.165) is 18.6 Å². The standard InChI is InChI=1S/C13H20N2O2/c1-10(2)15-6-3-4-11(15)8-13-14-9-12(17-13)5-7-16/h7,9-11H,3-6,8H2,1-2H3. The van der Waals surface area contributed by atoms with E-state index in [-0.39, 0.29) is 0 Å². The number of aromatic nitrogens is 1. The molecule has 1 atom stereocenters. The highest BCUT2D eigenvalue weighted by Crippen LogP contribution is 2.23. The van der Waals surface area contributed by atoms with Crippen molar-refractivity contribution >= 4 is 6.29 Å². The summed E-state index contributed by atoms with van der Waals surface area (Å²) in [6, 6.07) is 1.12. The van der Waals surface area contributed by atoms with Gasteiger partial charge >= 0.3 is 0 Å². The Bertz CT molecular complexity index is 373. The highest BCUT2D eigenvalue weighted by atomic mass is 16.4. The minimum Gasteiger partial charge on any atom is -0.445 e. The number of carbonyl (C=O) groups is 1. The van der Waals surface area contributed by atoms with Crippen LogP contribution < -0.4 is 0 Å². The number of aldehydes is 1. The second-order valence-electron chi connectivity index (χ2n) is 4.92. The van der Waals surface area contributed by atoms with Crippen LogP contribution >= 0.6 is 0 Å². The van der Waals surface area contributed by atoms with Crippen LogP contribution in [0.25, 0.3) is 0 Å². The van der Waals surface area contributed by atoms with Gasteiger partial charge in [0.2, 0.25) is 0 Å². The summed E-state index contributed by atoms with van der Waals surface area (Å²) in [6.07, 6.45) is 6.16. The van der Waals surface area contributed by atoms with Crippen molar-refractivity contribution in [2.45, 2.75) is 51.6 Å². The number of hydrogen-bond acceptors (Lipinski definition) is 4. The summed E-state index contributed by atoms with van der Waals surface area (Å²) in [6.45, 7) is 5.63. The van der Waals surface area contributed by atoms with Crippen LogP contribution in [0.2, 0.25) is 0 Å². The molecule has 0 spiro atoms. The van der Waals surface area contributed by atoms with E-state index in [4.69, 9.17) is 4.42 Å². The average molecular weight is 236 g/mol. The maximum Gasteiger partial charge on any atom is 0.195 e. The molecule has 1 unspecified atom stereocenters. The van der Waals surface area contributed by atoms with Gasteiger partial charge in [-0.15, -0.1) is 0 Å². The van der Waals surface area contributed by atoms with E-state index in [1.807, 2.05) is 0 Å². The van der Waals surface area contributed by atoms with Crippen LogP contribution in [0.1, 0.15) is 38.3 Å². The molecule has 0 bridgehead atoms. The van der Waals surface area contributed by atoms with Gasteiger partial charge in [-0.2, -0.15) is 0 Å². The molecule has 4 heteroatoms. The van der Waals surface area contributed by atoms with Gasteiger partial charge in [-0.3, -0.25) is 4.90 Å². The first-order chi connectivity index (χ1) is 8.20. The Kier molecular flexibility index (Phi) is 3.94. The third-order valence-corrected chi connectivity index (χ3v) is 3.38. The molecule has 1 saturated heterocycles. The lowest BCUT2D eigenvalue weighted by Crippen LogP contribution is -2.36. The summed E-state index contributed by atoms with van der Waals surface area (Å²) in [5.41, 5.74) is 0. The Morgan fingerprint density at radius 3 is 3.18 bits per heavy atom. The third-order valence-electron chi connectivity index (χ3n) is 3.38. The van der Waals surface area contributed by atoms with Crippen LogP contribution in [0.15, 0.2) is 10.6 Å². The third kappa shape index (κ3) is 2.94. The minimum absolute atomic E-state index is 0.325. The van der Waals surface area contributed by atoms with Crippen molar-refractivity contribution in [1.29, 1.82) is 0 Å². The Morgan fingerprint density at radius 1 is 1.65 bits per heavy atom. The second kappa shape index (κ2) is 5.45. The predicted molar refractivity (Wildman–Crippen MR) is 64.8 cm³/mol. The number of nitrogens with zero attached hydrogens (tertiary/aromatic N) is 2. The highest BCUT2D eigenvalue weighted by Gasteiger charge is 2.27. The Labute approximate surface area is 102 Å². The summed E-state index contributed by atoms with van der Waals surface area (Å²) < 4.78 is 5.55. The van der Waals surface area contributed by atoms with Crippen molar-refractivity contribution in [3.05, 3.63) is 17.8 Å². The number of oxazole rings is 1. The minimum atomic E-state index is 0.325. The molecule has 4 nitrogen and oxygen atoms in total. The van der Waals surface area contributed by atoms with E-state index in [0.29, 0.717) is 24.3 Å². The van der Waals surface area contributed by atoms with Crippen LogP contribution in [-0.4, -0.2) is 34.8 Å². The van der Waals surface area contributed by atoms with Gasteiger partial charge in [0.05, 0.1) is 12.6 Å². The summed E-state index contributed by atoms with van der Waals surface area (Å²) in [5.74, 6) is 1.43. The summed E-state index contributed by atoms with van der Waals surface area (Å²) in [5, 5.41) is 0. The Morgan fingerprint density at radius 2 is 2.47 bits per heavy atom. The van der Waals surface area contributed by atoms with E-state index in [9.17, 15) is 4.79 Å². The lowest BCUT2D eigenvalue weighted by Gasteiger charge is -2.27. The van der Waals surface area contributed by atoms with Gasteiger partial charge in [0.15, 0.2) is 5.89 Å². The Hall–Kier alpha value is -1.16. The van der Waals surface area contributed by atoms with Gasteiger partial charge in [0.25, 0.3) is 0 Å². The molecule has 0 aromatic carbocycles. The molecule has 1 aliphatic rings. The fourth-order valence-electron chi connectivity index (χ4n) is 2.58. The summed E-state index contributed by atoms with van der Waals surface area (Å²) in [4.78, 5) is 17.1. The first-order valence-corrected chi connectivity index (χ1v) is 6.33. The first kappa shape index (κ1) is 12.3. The molecule has 1 aliphatic heterocycles. The lowest BCUT2D eigenvalue weighted by molar-refractivity contribution is -0.107. The fraction of sp³-hybridized carbons (Fsp3) is 0.692. The number of rotatable bonds is 5. The normalized spacial score (nSPS) is 21.2. The molecular weight excluding hydrogens is 216 g/mol. The van der Waals surface area contributed by atoms with E-state index in [2.05, 4.69) is 23.7 Å². The molecular formula is C13H20N2O2. The maximum atomic E-state index is 10.4. The molecule has 2 heterocycles. The molecule has 1 aromatic rings. The first-order valence-electron chi connectivity index (χ1n) is 6.33. The van der Waals surface area contributed by atoms with Crippen molar-refractivity contribution < 1.29 is 9.21 Å². The number of carbonyl (C=O) groups excluding carboxylic acids is 1. The monoisotopic (exact) mass is 236 g/mol. The molecule has 17 heavy (non-hydrogen) atoms. The van der Waals surface area contributed by atoms with Crippen molar-refractivity contribution in [1.82, 2.24) is 9.88 Å². The van der Waals surface area contributed by atoms with Crippen LogP contribution in [0.5, 0.6) is 0 Å². The lowest BCUT2D eigenvalue weighted by atomic mass is 10.1. The van der Waals surface area contributed by atoms with Crippen molar-refractivity contribution in [3.63, 3.8) is 0 Å². The van der Waals surface area contributed by atoms with Crippen LogP contribution in [0, 0.1) is 0 Å². The molecule has 0 saturated carbocycles. The zero-order valence-corrected chi connectivity index (χ0v) is 10.6. The molecule has 1 aromatic heterocycles. The van der Waals surface area contributed by atoms with Crippen molar-refractivity contribution in [2.75, 3.05) is 6.54 Å². The molecule has 2 rings (SSSR count). The summed E-state index contributed by atoms with van der Waals surface area (Å²) >= 11 is 0. The van der Waals surface area contributed by atoms with Crippen LogP contribution in [0.4, 0.5) is 0 Å². The fourth-order valence-corrected chi connectivity index (χ4v) is 2.58. The van der Waals surface area contributed by atoms with E-state index < -0.39 is 0 Å². The second-order valence-corrected chi connectivity index (χ2v) is 4.92. The molecule has 0 N–H and O–H groups in total. The van der Waals surface area contributed by atoms with Gasteiger partial charge in [-0.25, -0.2) is 4.98 Å². The molecule has 1 fully saturated rings. The number of likely N-dealkylation sites (tertiary alicyclic amines) is 1. The zero-order valence-electron chi connectivity index (χ0n) is 10.6. The van der Waals surface area contributed by atoms with Gasteiger partial charge in [0.1, 0.15) is 12.0 Å². The van der Waals surface area contributed by atoms with Crippen molar-refractivity contribution in [3.8, 4) is 0 Å². The van der Waals surface area contributed by atoms with Crippen LogP contribution in [-0.2, 0) is 17.6 Å². The highest BCUT2D eigenvalue weighted by molar-refractivity contribution is 5.52. The van der Waals surface area contributed by atoms with E-state index in [1.165, 1.54) is 19.4 Å². The van der Waals surface area contributed by atoms with E-state index >= 15 is 0 Å². The molecule has 94 valence electrons. The zero-order chi connectivity index (χ0) is 12.3. The molecule has 0 radical (unpaired) electrons. The number of hydrogen-bond donors (Lipinski definition) is 0. The van der Waals surface area contributed by atoms with Gasteiger partial charge in [-0.05, 0) is 33.2 Å². The predicted octanol–water partition coefficient (Wildman–Crippen LogP) is 1.83. The van der Waals surface area contributed by atoms with Gasteiger partial charge in [0, 0.05) is 18.5 Å². The summed E-state index contributed by atoms with van der Waals surface area (Å²) in [7, 11) is 0. The Balaban J connectivity index is 1.97. The van der Waals surface area contributed by atoms with Crippen molar-refractivity contribution in [2.24, 2.45) is 0 Å². The average Bonchev–Trinajstić information content (AvgIpc) is 2.89. The quantitative estimate of drug-likeness (QED) is 0.732. The van der Waals surface area contributed by atoms with E-state index in [1.54, 1.807) is 6.20 Å². The smallest absolute Gasteiger partial charge is 0.195 e. The largest absolute Gasteiger partial charge is 0.445 e. The SMILES string of the molecule is CC(C)N1CCCC1Cc1ncc(CC=O)o1. The maximum absolute atomic E-state index is 10.4. The topological polar surface area (TPSA) is 46.3 Å². The van der Waals surface area contributed by atoms with Gasteiger partial charge < -0.3 is 9.21 Å². The molecule has 0 amide bonds.